The van der Waals surface area contributed by atoms with E-state index in [9.17, 15) is 0 Å². The summed E-state index contributed by atoms with van der Waals surface area (Å²) >= 11 is 5.27. The minimum atomic E-state index is -0.318. The first-order valence-electron chi connectivity index (χ1n) is 8.74. The molecule has 5 rings (SSSR count). The number of hydrazone groups is 1. The van der Waals surface area contributed by atoms with Gasteiger partial charge < -0.3 is 9.47 Å². The molecule has 0 saturated carbocycles. The van der Waals surface area contributed by atoms with Crippen LogP contribution in [0.15, 0.2) is 69.6 Å². The fourth-order valence-corrected chi connectivity index (χ4v) is 5.11. The second kappa shape index (κ2) is 6.69. The second-order valence-electron chi connectivity index (χ2n) is 6.50. The third kappa shape index (κ3) is 2.84. The van der Waals surface area contributed by atoms with Gasteiger partial charge in [-0.05, 0) is 46.3 Å². The summed E-state index contributed by atoms with van der Waals surface area (Å²) in [4.78, 5) is 1.19. The first kappa shape index (κ1) is 16.8. The molecule has 1 aromatic heterocycles. The van der Waals surface area contributed by atoms with E-state index in [-0.39, 0.29) is 12.3 Å². The van der Waals surface area contributed by atoms with Crippen molar-refractivity contribution in [3.63, 3.8) is 0 Å². The van der Waals surface area contributed by atoms with Gasteiger partial charge in [0.2, 0.25) is 6.23 Å². The number of methoxy groups -OCH3 is 1. The molecule has 0 fully saturated rings. The molecule has 27 heavy (non-hydrogen) atoms. The summed E-state index contributed by atoms with van der Waals surface area (Å²) in [5.74, 6) is 1.72. The third-order valence-electron chi connectivity index (χ3n) is 4.96. The summed E-state index contributed by atoms with van der Waals surface area (Å²) in [6, 6.07) is 20.6. The number of hydrogen-bond acceptors (Lipinski definition) is 5. The molecule has 3 aromatic rings. The smallest absolute Gasteiger partial charge is 0.217 e. The first-order valence-corrected chi connectivity index (χ1v) is 10.4. The van der Waals surface area contributed by atoms with Crippen LogP contribution in [0.25, 0.3) is 0 Å². The fourth-order valence-electron chi connectivity index (χ4n) is 3.73. The van der Waals surface area contributed by atoms with Gasteiger partial charge in [0.1, 0.15) is 11.5 Å². The van der Waals surface area contributed by atoms with Crippen LogP contribution in [-0.4, -0.2) is 17.8 Å². The van der Waals surface area contributed by atoms with Gasteiger partial charge in [0.25, 0.3) is 0 Å². The van der Waals surface area contributed by atoms with E-state index in [1.165, 1.54) is 10.4 Å². The van der Waals surface area contributed by atoms with E-state index < -0.39 is 0 Å². The van der Waals surface area contributed by atoms with Crippen molar-refractivity contribution in [2.75, 3.05) is 7.11 Å². The standard InChI is InChI=1S/C21H17BrN2O2S/c1-25-17-8-4-3-7-14(17)21-24-16(13-6-2-5-9-18(13)26-21)12-15(23-24)19-10-11-20(22)27-19/h2-11,16,21H,12H2,1H3. The Hall–Kier alpha value is -2.31. The van der Waals surface area contributed by atoms with Crippen molar-refractivity contribution in [2.45, 2.75) is 18.7 Å². The maximum Gasteiger partial charge on any atom is 0.217 e. The van der Waals surface area contributed by atoms with Crippen molar-refractivity contribution >= 4 is 33.0 Å². The molecule has 0 N–H and O–H groups in total. The molecule has 2 aliphatic heterocycles. The maximum absolute atomic E-state index is 6.40. The lowest BCUT2D eigenvalue weighted by Gasteiger charge is -2.38. The molecular weight excluding hydrogens is 424 g/mol. The van der Waals surface area contributed by atoms with Gasteiger partial charge in [-0.1, -0.05) is 30.3 Å². The summed E-state index contributed by atoms with van der Waals surface area (Å²) in [7, 11) is 1.69. The number of thiophene rings is 1. The van der Waals surface area contributed by atoms with Crippen molar-refractivity contribution < 1.29 is 9.47 Å². The van der Waals surface area contributed by atoms with E-state index in [1.54, 1.807) is 18.4 Å². The van der Waals surface area contributed by atoms with E-state index in [4.69, 9.17) is 14.6 Å². The van der Waals surface area contributed by atoms with Gasteiger partial charge in [-0.2, -0.15) is 5.10 Å². The van der Waals surface area contributed by atoms with E-state index in [0.29, 0.717) is 0 Å². The zero-order valence-corrected chi connectivity index (χ0v) is 17.0. The Balaban J connectivity index is 1.62. The van der Waals surface area contributed by atoms with Gasteiger partial charge in [-0.25, -0.2) is 5.01 Å². The second-order valence-corrected chi connectivity index (χ2v) is 8.96. The lowest BCUT2D eigenvalue weighted by molar-refractivity contribution is -0.0203. The number of para-hydroxylation sites is 2. The van der Waals surface area contributed by atoms with Gasteiger partial charge in [0.15, 0.2) is 0 Å². The van der Waals surface area contributed by atoms with Crippen molar-refractivity contribution in [1.29, 1.82) is 0 Å². The topological polar surface area (TPSA) is 34.1 Å². The van der Waals surface area contributed by atoms with E-state index in [2.05, 4.69) is 45.2 Å². The molecule has 0 saturated heterocycles. The minimum absolute atomic E-state index is 0.153. The van der Waals surface area contributed by atoms with Gasteiger partial charge in [0, 0.05) is 12.0 Å². The molecule has 136 valence electrons. The molecule has 0 amide bonds. The summed E-state index contributed by atoms with van der Waals surface area (Å²) < 4.78 is 13.1. The maximum atomic E-state index is 6.40. The van der Waals surface area contributed by atoms with Crippen LogP contribution in [0.3, 0.4) is 0 Å². The van der Waals surface area contributed by atoms with E-state index in [1.807, 2.05) is 36.4 Å². The van der Waals surface area contributed by atoms with Crippen LogP contribution in [0.2, 0.25) is 0 Å². The van der Waals surface area contributed by atoms with Crippen molar-refractivity contribution in [2.24, 2.45) is 5.10 Å². The highest BCUT2D eigenvalue weighted by Gasteiger charge is 2.41. The van der Waals surface area contributed by atoms with Crippen molar-refractivity contribution in [3.8, 4) is 11.5 Å². The van der Waals surface area contributed by atoms with Crippen LogP contribution in [0.4, 0.5) is 0 Å². The molecule has 6 heteroatoms. The molecule has 0 bridgehead atoms. The van der Waals surface area contributed by atoms with Crippen molar-refractivity contribution in [1.82, 2.24) is 5.01 Å². The zero-order chi connectivity index (χ0) is 18.4. The first-order chi connectivity index (χ1) is 13.2. The highest BCUT2D eigenvalue weighted by molar-refractivity contribution is 9.11. The number of halogens is 1. The average molecular weight is 441 g/mol. The predicted molar refractivity (Wildman–Crippen MR) is 111 cm³/mol. The Bertz CT molecular complexity index is 1030. The van der Waals surface area contributed by atoms with Crippen LogP contribution in [0.5, 0.6) is 11.5 Å². The number of fused-ring (bicyclic) bond motifs is 3. The summed E-state index contributed by atoms with van der Waals surface area (Å²) in [5.41, 5.74) is 3.26. The van der Waals surface area contributed by atoms with Crippen molar-refractivity contribution in [3.05, 3.63) is 80.5 Å². The quantitative estimate of drug-likeness (QED) is 0.518. The number of nitrogens with zero attached hydrogens (tertiary/aromatic N) is 2. The van der Waals surface area contributed by atoms with Gasteiger partial charge >= 0.3 is 0 Å². The number of ether oxygens (including phenoxy) is 2. The molecule has 0 aliphatic carbocycles. The number of rotatable bonds is 3. The van der Waals surface area contributed by atoms with Gasteiger partial charge in [-0.15, -0.1) is 11.3 Å². The Kier molecular flexibility index (Phi) is 4.17. The van der Waals surface area contributed by atoms with Crippen LogP contribution in [-0.2, 0) is 0 Å². The molecule has 2 atom stereocenters. The van der Waals surface area contributed by atoms with Crippen LogP contribution in [0.1, 0.15) is 34.7 Å². The number of benzene rings is 2. The van der Waals surface area contributed by atoms with Gasteiger partial charge in [-0.3, -0.25) is 0 Å². The van der Waals surface area contributed by atoms with E-state index >= 15 is 0 Å². The van der Waals surface area contributed by atoms with Crippen LogP contribution < -0.4 is 9.47 Å². The van der Waals surface area contributed by atoms with Gasteiger partial charge in [0.05, 0.1) is 33.1 Å². The molecule has 3 heterocycles. The molecule has 4 nitrogen and oxygen atoms in total. The summed E-state index contributed by atoms with van der Waals surface area (Å²) in [6.45, 7) is 0. The number of hydrogen-bond donors (Lipinski definition) is 0. The lowest BCUT2D eigenvalue weighted by Crippen LogP contribution is -2.33. The highest BCUT2D eigenvalue weighted by Crippen LogP contribution is 2.49. The zero-order valence-electron chi connectivity index (χ0n) is 14.6. The Labute approximate surface area is 170 Å². The Morgan fingerprint density at radius 2 is 1.85 bits per heavy atom. The minimum Gasteiger partial charge on any atom is -0.496 e. The van der Waals surface area contributed by atoms with E-state index in [0.717, 1.165) is 33.0 Å². The monoisotopic (exact) mass is 440 g/mol. The third-order valence-corrected chi connectivity index (χ3v) is 6.63. The fraction of sp³-hybridized carbons (Fsp3) is 0.190. The molecule has 0 spiro atoms. The van der Waals surface area contributed by atoms with Crippen LogP contribution >= 0.6 is 27.3 Å². The Morgan fingerprint density at radius 3 is 2.63 bits per heavy atom. The molecular formula is C21H17BrN2O2S. The molecule has 2 aromatic carbocycles. The largest absolute Gasteiger partial charge is 0.496 e. The molecule has 0 radical (unpaired) electrons. The SMILES string of the molecule is COc1ccccc1C1Oc2ccccc2C2CC(c3ccc(Br)s3)=NN21. The lowest BCUT2D eigenvalue weighted by atomic mass is 9.97. The predicted octanol–water partition coefficient (Wildman–Crippen LogP) is 5.76. The molecule has 2 unspecified atom stereocenters. The Morgan fingerprint density at radius 1 is 1.07 bits per heavy atom. The van der Waals surface area contributed by atoms with Crippen LogP contribution in [0, 0.1) is 0 Å². The summed E-state index contributed by atoms with van der Waals surface area (Å²) in [5, 5.41) is 7.07. The normalized spacial score (nSPS) is 20.5. The highest BCUT2D eigenvalue weighted by atomic mass is 79.9. The molecule has 2 aliphatic rings. The average Bonchev–Trinajstić information content (AvgIpc) is 3.34. The summed E-state index contributed by atoms with van der Waals surface area (Å²) in [6.07, 6.45) is 0.542.